The molecule has 2 atom stereocenters. The Morgan fingerprint density at radius 3 is 3.00 bits per heavy atom. The van der Waals surface area contributed by atoms with E-state index in [0.717, 1.165) is 19.5 Å². The molecule has 1 aromatic rings. The van der Waals surface area contributed by atoms with E-state index >= 15 is 0 Å². The summed E-state index contributed by atoms with van der Waals surface area (Å²) in [7, 11) is 0. The minimum Gasteiger partial charge on any atom is -0.337 e. The largest absolute Gasteiger partial charge is 0.337 e. The number of hydrogen-bond acceptors (Lipinski definition) is 2. The Labute approximate surface area is 104 Å². The number of carbonyl (C=O) groups is 1. The molecule has 1 aromatic heterocycles. The lowest BCUT2D eigenvalue weighted by molar-refractivity contribution is 0.0684. The molecule has 0 spiro atoms. The van der Waals surface area contributed by atoms with Gasteiger partial charge in [0.1, 0.15) is 5.69 Å². The first-order valence-electron chi connectivity index (χ1n) is 5.53. The van der Waals surface area contributed by atoms with Gasteiger partial charge < -0.3 is 4.90 Å². The second-order valence-electron chi connectivity index (χ2n) is 4.25. The van der Waals surface area contributed by atoms with E-state index in [1.54, 1.807) is 12.3 Å². The van der Waals surface area contributed by atoms with E-state index in [1.165, 1.54) is 0 Å². The number of hydrogen-bond donors (Lipinski definition) is 0. The average Bonchev–Trinajstić information content (AvgIpc) is 2.33. The number of rotatable bonds is 1. The zero-order valence-corrected chi connectivity index (χ0v) is 10.9. The maximum atomic E-state index is 12.1. The van der Waals surface area contributed by atoms with Gasteiger partial charge in [0.05, 0.1) is 0 Å². The van der Waals surface area contributed by atoms with Crippen LogP contribution in [0.2, 0.25) is 0 Å². The van der Waals surface area contributed by atoms with Crippen LogP contribution in [0.1, 0.15) is 23.8 Å². The fourth-order valence-corrected chi connectivity index (χ4v) is 2.32. The Hall–Kier alpha value is -0.900. The predicted octanol–water partition coefficient (Wildman–Crippen LogP) is 2.33. The number of nitrogens with zero attached hydrogens (tertiary/aromatic N) is 2. The van der Waals surface area contributed by atoms with Gasteiger partial charge in [-0.2, -0.15) is 0 Å². The van der Waals surface area contributed by atoms with Gasteiger partial charge in [-0.25, -0.2) is 0 Å². The lowest BCUT2D eigenvalue weighted by Gasteiger charge is -2.34. The number of likely N-dealkylation sites (tertiary alicyclic amines) is 1. The minimum atomic E-state index is 0.0480. The number of amides is 1. The van der Waals surface area contributed by atoms with E-state index in [0.29, 0.717) is 16.4 Å². The number of halogens is 1. The van der Waals surface area contributed by atoms with Crippen LogP contribution in [0.5, 0.6) is 0 Å². The van der Waals surface area contributed by atoms with Crippen molar-refractivity contribution in [2.45, 2.75) is 18.2 Å². The fraction of sp³-hybridized carbons (Fsp3) is 0.500. The molecule has 2 heterocycles. The van der Waals surface area contributed by atoms with Crippen LogP contribution in [0.3, 0.4) is 0 Å². The summed E-state index contributed by atoms with van der Waals surface area (Å²) in [6.07, 6.45) is 2.67. The van der Waals surface area contributed by atoms with Gasteiger partial charge >= 0.3 is 0 Å². The number of aromatic nitrogens is 1. The summed E-state index contributed by atoms with van der Waals surface area (Å²) in [4.78, 5) is 18.6. The highest BCUT2D eigenvalue weighted by atomic mass is 79.9. The summed E-state index contributed by atoms with van der Waals surface area (Å²) in [5.41, 5.74) is 0.544. The average molecular weight is 283 g/mol. The van der Waals surface area contributed by atoms with Gasteiger partial charge in [-0.05, 0) is 24.5 Å². The maximum Gasteiger partial charge on any atom is 0.272 e. The third kappa shape index (κ3) is 2.43. The molecule has 2 rings (SSSR count). The summed E-state index contributed by atoms with van der Waals surface area (Å²) in [6, 6.07) is 5.44. The Bertz CT molecular complexity index is 369. The highest BCUT2D eigenvalue weighted by Gasteiger charge is 2.27. The van der Waals surface area contributed by atoms with E-state index < -0.39 is 0 Å². The van der Waals surface area contributed by atoms with Gasteiger partial charge in [0, 0.05) is 24.1 Å². The first-order valence-corrected chi connectivity index (χ1v) is 6.44. The van der Waals surface area contributed by atoms with Crippen molar-refractivity contribution in [3.8, 4) is 0 Å². The van der Waals surface area contributed by atoms with Gasteiger partial charge in [0.2, 0.25) is 0 Å². The molecule has 16 heavy (non-hydrogen) atoms. The molecule has 0 aliphatic carbocycles. The standard InChI is InChI=1S/C12H15BrN2O/c1-9-8-15(7-5-10(9)13)12(16)11-4-2-3-6-14-11/h2-4,6,9-10H,5,7-8H2,1H3. The molecule has 1 amide bonds. The van der Waals surface area contributed by atoms with Crippen LogP contribution in [0.4, 0.5) is 0 Å². The molecule has 0 aromatic carbocycles. The second kappa shape index (κ2) is 4.95. The summed E-state index contributed by atoms with van der Waals surface area (Å²) in [6.45, 7) is 3.79. The van der Waals surface area contributed by atoms with Gasteiger partial charge in [-0.3, -0.25) is 9.78 Å². The van der Waals surface area contributed by atoms with Crippen molar-refractivity contribution < 1.29 is 4.79 Å². The van der Waals surface area contributed by atoms with Crippen LogP contribution in [0.25, 0.3) is 0 Å². The third-order valence-corrected chi connectivity index (χ3v) is 4.33. The SMILES string of the molecule is CC1CN(C(=O)c2ccccn2)CCC1Br. The normalized spacial score (nSPS) is 25.5. The monoisotopic (exact) mass is 282 g/mol. The van der Waals surface area contributed by atoms with Crippen molar-refractivity contribution in [1.82, 2.24) is 9.88 Å². The maximum absolute atomic E-state index is 12.1. The number of pyridine rings is 1. The van der Waals surface area contributed by atoms with Crippen LogP contribution in [0.15, 0.2) is 24.4 Å². The molecule has 0 N–H and O–H groups in total. The Kier molecular flexibility index (Phi) is 3.59. The molecule has 0 bridgehead atoms. The molecule has 1 fully saturated rings. The number of piperidine rings is 1. The fourth-order valence-electron chi connectivity index (χ4n) is 1.95. The topological polar surface area (TPSA) is 33.2 Å². The smallest absolute Gasteiger partial charge is 0.272 e. The van der Waals surface area contributed by atoms with Crippen molar-refractivity contribution >= 4 is 21.8 Å². The Morgan fingerprint density at radius 1 is 1.56 bits per heavy atom. The lowest BCUT2D eigenvalue weighted by atomic mass is 10.00. The van der Waals surface area contributed by atoms with Crippen molar-refractivity contribution in [3.63, 3.8) is 0 Å². The highest BCUT2D eigenvalue weighted by molar-refractivity contribution is 9.09. The quantitative estimate of drug-likeness (QED) is 0.741. The zero-order chi connectivity index (χ0) is 11.5. The molecule has 2 unspecified atom stereocenters. The summed E-state index contributed by atoms with van der Waals surface area (Å²) >= 11 is 3.63. The molecule has 0 saturated carbocycles. The van der Waals surface area contributed by atoms with E-state index in [2.05, 4.69) is 27.8 Å². The van der Waals surface area contributed by atoms with Crippen LogP contribution in [-0.2, 0) is 0 Å². The van der Waals surface area contributed by atoms with Gasteiger partial charge in [0.25, 0.3) is 5.91 Å². The van der Waals surface area contributed by atoms with Crippen molar-refractivity contribution in [2.75, 3.05) is 13.1 Å². The Balaban J connectivity index is 2.06. The third-order valence-electron chi connectivity index (χ3n) is 2.97. The Morgan fingerprint density at radius 2 is 2.38 bits per heavy atom. The molecule has 1 aliphatic heterocycles. The lowest BCUT2D eigenvalue weighted by Crippen LogP contribution is -2.43. The van der Waals surface area contributed by atoms with Gasteiger partial charge in [0.15, 0.2) is 0 Å². The summed E-state index contributed by atoms with van der Waals surface area (Å²) in [5.74, 6) is 0.549. The van der Waals surface area contributed by atoms with Gasteiger partial charge in [-0.1, -0.05) is 28.9 Å². The molecule has 0 radical (unpaired) electrons. The van der Waals surface area contributed by atoms with Crippen LogP contribution >= 0.6 is 15.9 Å². The van der Waals surface area contributed by atoms with Gasteiger partial charge in [-0.15, -0.1) is 0 Å². The molecule has 1 saturated heterocycles. The van der Waals surface area contributed by atoms with Crippen LogP contribution in [-0.4, -0.2) is 33.7 Å². The van der Waals surface area contributed by atoms with Crippen molar-refractivity contribution in [2.24, 2.45) is 5.92 Å². The van der Waals surface area contributed by atoms with E-state index in [4.69, 9.17) is 0 Å². The summed E-state index contributed by atoms with van der Waals surface area (Å²) in [5, 5.41) is 0. The second-order valence-corrected chi connectivity index (χ2v) is 5.42. The molecule has 3 nitrogen and oxygen atoms in total. The number of alkyl halides is 1. The molecule has 4 heteroatoms. The summed E-state index contributed by atoms with van der Waals surface area (Å²) < 4.78 is 0. The molecular weight excluding hydrogens is 268 g/mol. The molecule has 86 valence electrons. The highest BCUT2D eigenvalue weighted by Crippen LogP contribution is 2.24. The van der Waals surface area contributed by atoms with E-state index in [1.807, 2.05) is 17.0 Å². The van der Waals surface area contributed by atoms with E-state index in [9.17, 15) is 4.79 Å². The zero-order valence-electron chi connectivity index (χ0n) is 9.27. The van der Waals surface area contributed by atoms with Crippen molar-refractivity contribution in [1.29, 1.82) is 0 Å². The van der Waals surface area contributed by atoms with Crippen LogP contribution < -0.4 is 0 Å². The molecular formula is C12H15BrN2O. The van der Waals surface area contributed by atoms with Crippen molar-refractivity contribution in [3.05, 3.63) is 30.1 Å². The minimum absolute atomic E-state index is 0.0480. The first kappa shape index (κ1) is 11.6. The van der Waals surface area contributed by atoms with Crippen LogP contribution in [0, 0.1) is 5.92 Å². The predicted molar refractivity (Wildman–Crippen MR) is 66.6 cm³/mol. The van der Waals surface area contributed by atoms with E-state index in [-0.39, 0.29) is 5.91 Å². The molecule has 1 aliphatic rings. The number of carbonyl (C=O) groups excluding carboxylic acids is 1. The first-order chi connectivity index (χ1) is 7.68.